The molecule has 1 heterocycles. The van der Waals surface area contributed by atoms with Gasteiger partial charge in [-0.05, 0) is 24.5 Å². The molecule has 2 amide bonds. The zero-order valence-electron chi connectivity index (χ0n) is 11.3. The average Bonchev–Trinajstić information content (AvgIpc) is 2.37. The molecule has 0 aromatic heterocycles. The maximum absolute atomic E-state index is 12.5. The molecule has 2 rings (SSSR count). The molecular weight excluding hydrogens is 287 g/mol. The summed E-state index contributed by atoms with van der Waals surface area (Å²) in [7, 11) is 0. The Morgan fingerprint density at radius 2 is 2.05 bits per heavy atom. The molecule has 1 unspecified atom stereocenters. The van der Waals surface area contributed by atoms with Gasteiger partial charge in [0, 0.05) is 12.0 Å². The Kier molecular flexibility index (Phi) is 4.20. The van der Waals surface area contributed by atoms with Crippen LogP contribution >= 0.6 is 0 Å². The molecule has 1 aliphatic rings. The van der Waals surface area contributed by atoms with Crippen LogP contribution in [-0.4, -0.2) is 18.2 Å². The summed E-state index contributed by atoms with van der Waals surface area (Å²) in [6.07, 6.45) is -4.02. The molecule has 1 N–H and O–H groups in total. The number of benzene rings is 1. The second-order valence-electron chi connectivity index (χ2n) is 4.78. The average molecular weight is 301 g/mol. The summed E-state index contributed by atoms with van der Waals surface area (Å²) in [5.41, 5.74) is 0.819. The maximum atomic E-state index is 12.5. The molecule has 0 saturated carbocycles. The third kappa shape index (κ3) is 3.74. The molecule has 1 aromatic carbocycles. The highest BCUT2D eigenvalue weighted by Crippen LogP contribution is 2.35. The number of halogens is 3. The molecule has 114 valence electrons. The van der Waals surface area contributed by atoms with Crippen LogP contribution in [0.25, 0.3) is 0 Å². The second kappa shape index (κ2) is 5.75. The number of ether oxygens (including phenoxy) is 1. The zero-order valence-corrected chi connectivity index (χ0v) is 11.3. The van der Waals surface area contributed by atoms with E-state index in [2.05, 4.69) is 10.1 Å². The van der Waals surface area contributed by atoms with Gasteiger partial charge in [-0.15, -0.1) is 13.2 Å². The fourth-order valence-corrected chi connectivity index (χ4v) is 2.29. The van der Waals surface area contributed by atoms with Crippen LogP contribution < -0.4 is 10.1 Å². The number of carbonyl (C=O) groups is 2. The number of carbonyl (C=O) groups excluding carboxylic acids is 2. The lowest BCUT2D eigenvalue weighted by Crippen LogP contribution is -2.39. The van der Waals surface area contributed by atoms with Crippen LogP contribution in [-0.2, 0) is 16.0 Å². The van der Waals surface area contributed by atoms with Crippen molar-refractivity contribution in [2.45, 2.75) is 38.5 Å². The lowest BCUT2D eigenvalue weighted by Gasteiger charge is -2.24. The highest BCUT2D eigenvalue weighted by Gasteiger charge is 2.35. The van der Waals surface area contributed by atoms with Gasteiger partial charge in [0.05, 0.1) is 5.92 Å². The van der Waals surface area contributed by atoms with E-state index < -0.39 is 24.1 Å². The van der Waals surface area contributed by atoms with Crippen molar-refractivity contribution in [2.24, 2.45) is 0 Å². The quantitative estimate of drug-likeness (QED) is 0.873. The van der Waals surface area contributed by atoms with E-state index in [4.69, 9.17) is 0 Å². The number of aryl methyl sites for hydroxylation is 1. The Balaban J connectivity index is 2.37. The standard InChI is InChI=1S/C14H14F3NO3/c1-2-8-3-4-9(11(7-8)21-14(15,16)17)10-5-6-12(19)18-13(10)20/h3-4,7,10H,2,5-6H2,1H3,(H,18,19,20). The Morgan fingerprint density at radius 3 is 2.62 bits per heavy atom. The maximum Gasteiger partial charge on any atom is 0.573 e. The molecule has 1 saturated heterocycles. The Labute approximate surface area is 119 Å². The van der Waals surface area contributed by atoms with Gasteiger partial charge in [0.15, 0.2) is 0 Å². The molecule has 0 spiro atoms. The molecule has 1 aromatic rings. The minimum absolute atomic E-state index is 0.0946. The molecule has 7 heteroatoms. The van der Waals surface area contributed by atoms with E-state index >= 15 is 0 Å². The predicted octanol–water partition coefficient (Wildman–Crippen LogP) is 2.67. The van der Waals surface area contributed by atoms with Crippen LogP contribution in [0.2, 0.25) is 0 Å². The van der Waals surface area contributed by atoms with Crippen molar-refractivity contribution in [3.63, 3.8) is 0 Å². The van der Waals surface area contributed by atoms with Gasteiger partial charge in [-0.2, -0.15) is 0 Å². The minimum atomic E-state index is -4.83. The highest BCUT2D eigenvalue weighted by atomic mass is 19.4. The summed E-state index contributed by atoms with van der Waals surface area (Å²) >= 11 is 0. The van der Waals surface area contributed by atoms with Crippen molar-refractivity contribution >= 4 is 11.8 Å². The van der Waals surface area contributed by atoms with Crippen LogP contribution in [0.5, 0.6) is 5.75 Å². The van der Waals surface area contributed by atoms with Gasteiger partial charge in [-0.25, -0.2) is 0 Å². The minimum Gasteiger partial charge on any atom is -0.405 e. The number of nitrogens with one attached hydrogen (secondary N) is 1. The van der Waals surface area contributed by atoms with Crippen molar-refractivity contribution in [3.8, 4) is 5.75 Å². The molecule has 1 atom stereocenters. The van der Waals surface area contributed by atoms with Crippen molar-refractivity contribution in [2.75, 3.05) is 0 Å². The molecule has 0 bridgehead atoms. The van der Waals surface area contributed by atoms with Crippen molar-refractivity contribution in [3.05, 3.63) is 29.3 Å². The van der Waals surface area contributed by atoms with Gasteiger partial charge in [-0.3, -0.25) is 14.9 Å². The van der Waals surface area contributed by atoms with Crippen LogP contribution in [0, 0.1) is 0 Å². The Bertz CT molecular complexity index is 569. The summed E-state index contributed by atoms with van der Waals surface area (Å²) in [5, 5.41) is 2.13. The van der Waals surface area contributed by atoms with Crippen molar-refractivity contribution < 1.29 is 27.5 Å². The highest BCUT2D eigenvalue weighted by molar-refractivity contribution is 6.01. The SMILES string of the molecule is CCc1ccc(C2CCC(=O)NC2=O)c(OC(F)(F)F)c1. The van der Waals surface area contributed by atoms with Crippen LogP contribution in [0.1, 0.15) is 36.8 Å². The first kappa shape index (κ1) is 15.3. The largest absolute Gasteiger partial charge is 0.573 e. The summed E-state index contributed by atoms with van der Waals surface area (Å²) in [6, 6.07) is 4.40. The first-order valence-electron chi connectivity index (χ1n) is 6.52. The van der Waals surface area contributed by atoms with E-state index in [0.29, 0.717) is 12.0 Å². The number of hydrogen-bond donors (Lipinski definition) is 1. The topological polar surface area (TPSA) is 55.4 Å². The summed E-state index contributed by atoms with van der Waals surface area (Å²) < 4.78 is 41.6. The fraction of sp³-hybridized carbons (Fsp3) is 0.429. The number of imide groups is 1. The molecule has 21 heavy (non-hydrogen) atoms. The van der Waals surface area contributed by atoms with Crippen LogP contribution in [0.3, 0.4) is 0 Å². The number of rotatable bonds is 3. The lowest BCUT2D eigenvalue weighted by atomic mass is 9.89. The predicted molar refractivity (Wildman–Crippen MR) is 67.6 cm³/mol. The lowest BCUT2D eigenvalue weighted by molar-refractivity contribution is -0.275. The zero-order chi connectivity index (χ0) is 15.6. The molecular formula is C14H14F3NO3. The van der Waals surface area contributed by atoms with Crippen molar-refractivity contribution in [1.29, 1.82) is 0 Å². The first-order valence-corrected chi connectivity index (χ1v) is 6.52. The van der Waals surface area contributed by atoms with Gasteiger partial charge in [0.2, 0.25) is 11.8 Å². The van der Waals surface area contributed by atoms with E-state index in [1.807, 2.05) is 0 Å². The fourth-order valence-electron chi connectivity index (χ4n) is 2.29. The molecule has 4 nitrogen and oxygen atoms in total. The monoisotopic (exact) mass is 301 g/mol. The van der Waals surface area contributed by atoms with Gasteiger partial charge in [-0.1, -0.05) is 19.1 Å². The smallest absolute Gasteiger partial charge is 0.405 e. The summed E-state index contributed by atoms with van der Waals surface area (Å²) in [6.45, 7) is 1.80. The van der Waals surface area contributed by atoms with Gasteiger partial charge >= 0.3 is 6.36 Å². The van der Waals surface area contributed by atoms with Gasteiger partial charge in [0.1, 0.15) is 5.75 Å². The van der Waals surface area contributed by atoms with E-state index in [1.165, 1.54) is 12.1 Å². The van der Waals surface area contributed by atoms with E-state index in [9.17, 15) is 22.8 Å². The summed E-state index contributed by atoms with van der Waals surface area (Å²) in [5.74, 6) is -2.20. The first-order chi connectivity index (χ1) is 9.80. The third-order valence-electron chi connectivity index (χ3n) is 3.33. The van der Waals surface area contributed by atoms with E-state index in [1.54, 1.807) is 13.0 Å². The van der Waals surface area contributed by atoms with E-state index in [0.717, 1.165) is 0 Å². The Hall–Kier alpha value is -2.05. The molecule has 1 aliphatic heterocycles. The van der Waals surface area contributed by atoms with Gasteiger partial charge in [0.25, 0.3) is 0 Å². The van der Waals surface area contributed by atoms with Crippen LogP contribution in [0.15, 0.2) is 18.2 Å². The molecule has 0 aliphatic carbocycles. The molecule has 0 radical (unpaired) electrons. The number of alkyl halides is 3. The van der Waals surface area contributed by atoms with Crippen molar-refractivity contribution in [1.82, 2.24) is 5.32 Å². The Morgan fingerprint density at radius 1 is 1.33 bits per heavy atom. The second-order valence-corrected chi connectivity index (χ2v) is 4.78. The van der Waals surface area contributed by atoms with Crippen LogP contribution in [0.4, 0.5) is 13.2 Å². The number of hydrogen-bond acceptors (Lipinski definition) is 3. The number of piperidine rings is 1. The van der Waals surface area contributed by atoms with Gasteiger partial charge < -0.3 is 4.74 Å². The number of amides is 2. The third-order valence-corrected chi connectivity index (χ3v) is 3.33. The van der Waals surface area contributed by atoms with E-state index in [-0.39, 0.29) is 24.2 Å². The molecule has 1 fully saturated rings. The summed E-state index contributed by atoms with van der Waals surface area (Å²) in [4.78, 5) is 22.9. The normalized spacial score (nSPS) is 19.3.